The quantitative estimate of drug-likeness (QED) is 0.366. The number of aromatic nitrogens is 2. The summed E-state index contributed by atoms with van der Waals surface area (Å²) in [5.41, 5.74) is 5.21. The fourth-order valence-electron chi connectivity index (χ4n) is 3.20. The summed E-state index contributed by atoms with van der Waals surface area (Å²) in [6.07, 6.45) is 2.83. The van der Waals surface area contributed by atoms with E-state index in [4.69, 9.17) is 4.74 Å². The molecule has 146 valence electrons. The Bertz CT molecular complexity index is 964. The average molecular weight is 380 g/mol. The van der Waals surface area contributed by atoms with Crippen LogP contribution in [-0.4, -0.2) is 28.4 Å². The minimum absolute atomic E-state index is 0.0754. The zero-order valence-corrected chi connectivity index (χ0v) is 16.3. The van der Waals surface area contributed by atoms with Crippen molar-refractivity contribution >= 4 is 5.69 Å². The summed E-state index contributed by atoms with van der Waals surface area (Å²) in [6, 6.07) is 12.7. The molecule has 3 aromatic rings. The molecule has 3 rings (SSSR count). The largest absolute Gasteiger partial charge is 0.496 e. The second-order valence-corrected chi connectivity index (χ2v) is 6.72. The molecule has 0 spiro atoms. The lowest BCUT2D eigenvalue weighted by molar-refractivity contribution is -0.384. The van der Waals surface area contributed by atoms with E-state index in [2.05, 4.69) is 23.4 Å². The van der Waals surface area contributed by atoms with Crippen molar-refractivity contribution in [2.45, 2.75) is 19.9 Å². The first kappa shape index (κ1) is 19.6. The molecule has 1 aromatic heterocycles. The second kappa shape index (κ2) is 8.67. The van der Waals surface area contributed by atoms with E-state index in [9.17, 15) is 10.1 Å². The summed E-state index contributed by atoms with van der Waals surface area (Å²) >= 11 is 0. The van der Waals surface area contributed by atoms with Crippen LogP contribution in [-0.2, 0) is 20.0 Å². The molecule has 0 aliphatic heterocycles. The first-order valence-corrected chi connectivity index (χ1v) is 9.09. The average Bonchev–Trinajstić information content (AvgIpc) is 3.06. The van der Waals surface area contributed by atoms with Gasteiger partial charge in [-0.1, -0.05) is 17.7 Å². The number of hydrogen-bond donors (Lipinski definition) is 1. The SMILES string of the molecule is COc1ccc(C)cc1CCNCc1cn(C)nc1-c1ccc([N+](=O)[O-])cc1. The van der Waals surface area contributed by atoms with Gasteiger partial charge in [0.2, 0.25) is 0 Å². The summed E-state index contributed by atoms with van der Waals surface area (Å²) in [6.45, 7) is 3.53. The molecule has 0 aliphatic rings. The predicted octanol–water partition coefficient (Wildman–Crippen LogP) is 3.64. The first-order chi connectivity index (χ1) is 13.5. The molecular formula is C21H24N4O3. The Hall–Kier alpha value is -3.19. The lowest BCUT2D eigenvalue weighted by atomic mass is 10.1. The smallest absolute Gasteiger partial charge is 0.269 e. The van der Waals surface area contributed by atoms with Gasteiger partial charge in [-0.25, -0.2) is 0 Å². The van der Waals surface area contributed by atoms with Crippen LogP contribution in [0.1, 0.15) is 16.7 Å². The summed E-state index contributed by atoms with van der Waals surface area (Å²) in [7, 11) is 3.56. The van der Waals surface area contributed by atoms with Gasteiger partial charge >= 0.3 is 0 Å². The molecule has 2 aromatic carbocycles. The van der Waals surface area contributed by atoms with Gasteiger partial charge in [0.15, 0.2) is 0 Å². The zero-order valence-electron chi connectivity index (χ0n) is 16.3. The Morgan fingerprint density at radius 3 is 2.61 bits per heavy atom. The van der Waals surface area contributed by atoms with Gasteiger partial charge < -0.3 is 10.1 Å². The summed E-state index contributed by atoms with van der Waals surface area (Å²) < 4.78 is 7.19. The maximum absolute atomic E-state index is 10.8. The Balaban J connectivity index is 1.66. The molecule has 0 saturated carbocycles. The molecule has 1 heterocycles. The number of ether oxygens (including phenoxy) is 1. The number of nitrogens with zero attached hydrogens (tertiary/aromatic N) is 3. The van der Waals surface area contributed by atoms with Gasteiger partial charge in [0, 0.05) is 43.0 Å². The number of benzene rings is 2. The maximum Gasteiger partial charge on any atom is 0.269 e. The van der Waals surface area contributed by atoms with Crippen LogP contribution in [0.4, 0.5) is 5.69 Å². The van der Waals surface area contributed by atoms with E-state index in [1.54, 1.807) is 23.9 Å². The molecule has 7 heteroatoms. The van der Waals surface area contributed by atoms with Gasteiger partial charge in [0.05, 0.1) is 17.7 Å². The van der Waals surface area contributed by atoms with Crippen molar-refractivity contribution < 1.29 is 9.66 Å². The minimum atomic E-state index is -0.399. The normalized spacial score (nSPS) is 10.8. The van der Waals surface area contributed by atoms with Crippen LogP contribution in [0, 0.1) is 17.0 Å². The first-order valence-electron chi connectivity index (χ1n) is 9.09. The predicted molar refractivity (Wildman–Crippen MR) is 108 cm³/mol. The Labute approximate surface area is 164 Å². The fraction of sp³-hybridized carbons (Fsp3) is 0.286. The van der Waals surface area contributed by atoms with E-state index in [1.165, 1.54) is 23.3 Å². The topological polar surface area (TPSA) is 82.2 Å². The van der Waals surface area contributed by atoms with Crippen LogP contribution >= 0.6 is 0 Å². The van der Waals surface area contributed by atoms with Crippen molar-refractivity contribution in [2.24, 2.45) is 7.05 Å². The van der Waals surface area contributed by atoms with E-state index in [0.717, 1.165) is 35.5 Å². The molecule has 0 saturated heterocycles. The lowest BCUT2D eigenvalue weighted by Crippen LogP contribution is -2.17. The molecule has 0 amide bonds. The fourth-order valence-corrected chi connectivity index (χ4v) is 3.20. The number of hydrogen-bond acceptors (Lipinski definition) is 5. The number of nitrogens with one attached hydrogen (secondary N) is 1. The third-order valence-electron chi connectivity index (χ3n) is 4.58. The summed E-state index contributed by atoms with van der Waals surface area (Å²) in [5.74, 6) is 0.903. The molecule has 7 nitrogen and oxygen atoms in total. The van der Waals surface area contributed by atoms with Gasteiger partial charge in [-0.15, -0.1) is 0 Å². The van der Waals surface area contributed by atoms with Crippen LogP contribution in [0.5, 0.6) is 5.75 Å². The number of non-ortho nitro benzene ring substituents is 1. The number of rotatable bonds is 8. The number of nitro benzene ring substituents is 1. The van der Waals surface area contributed by atoms with Gasteiger partial charge in [-0.05, 0) is 43.7 Å². The van der Waals surface area contributed by atoms with E-state index in [1.807, 2.05) is 25.4 Å². The Kier molecular flexibility index (Phi) is 6.06. The minimum Gasteiger partial charge on any atom is -0.496 e. The summed E-state index contributed by atoms with van der Waals surface area (Å²) in [5, 5.41) is 18.8. The van der Waals surface area contributed by atoms with E-state index < -0.39 is 4.92 Å². The summed E-state index contributed by atoms with van der Waals surface area (Å²) in [4.78, 5) is 10.4. The van der Waals surface area contributed by atoms with Crippen molar-refractivity contribution in [2.75, 3.05) is 13.7 Å². The standard InChI is InChI=1S/C21H24N4O3/c1-15-4-9-20(28-3)17(12-15)10-11-22-13-18-14-24(2)23-21(18)16-5-7-19(8-6-16)25(26)27/h4-9,12,14,22H,10-11,13H2,1-3H3. The van der Waals surface area contributed by atoms with Crippen LogP contribution in [0.2, 0.25) is 0 Å². The van der Waals surface area contributed by atoms with Gasteiger partial charge in [-0.3, -0.25) is 14.8 Å². The molecule has 0 unspecified atom stereocenters. The molecule has 0 bridgehead atoms. The van der Waals surface area contributed by atoms with E-state index in [-0.39, 0.29) is 5.69 Å². The van der Waals surface area contributed by atoms with Crippen LogP contribution < -0.4 is 10.1 Å². The van der Waals surface area contributed by atoms with E-state index in [0.29, 0.717) is 6.54 Å². The zero-order chi connectivity index (χ0) is 20.1. The monoisotopic (exact) mass is 380 g/mol. The highest BCUT2D eigenvalue weighted by atomic mass is 16.6. The van der Waals surface area contributed by atoms with Crippen molar-refractivity contribution in [3.05, 3.63) is 75.5 Å². The van der Waals surface area contributed by atoms with Crippen LogP contribution in [0.3, 0.4) is 0 Å². The highest BCUT2D eigenvalue weighted by Gasteiger charge is 2.12. The maximum atomic E-state index is 10.8. The third kappa shape index (κ3) is 4.55. The number of nitro groups is 1. The molecule has 0 radical (unpaired) electrons. The Morgan fingerprint density at radius 1 is 1.18 bits per heavy atom. The van der Waals surface area contributed by atoms with Crippen molar-refractivity contribution in [1.82, 2.24) is 15.1 Å². The highest BCUT2D eigenvalue weighted by molar-refractivity contribution is 5.64. The molecule has 28 heavy (non-hydrogen) atoms. The molecular weight excluding hydrogens is 356 g/mol. The van der Waals surface area contributed by atoms with E-state index >= 15 is 0 Å². The van der Waals surface area contributed by atoms with Gasteiger partial charge in [0.1, 0.15) is 5.75 Å². The van der Waals surface area contributed by atoms with Crippen molar-refractivity contribution in [3.8, 4) is 17.0 Å². The molecule has 0 atom stereocenters. The molecule has 0 aliphatic carbocycles. The Morgan fingerprint density at radius 2 is 1.93 bits per heavy atom. The number of aryl methyl sites for hydroxylation is 2. The molecule has 1 N–H and O–H groups in total. The number of methoxy groups -OCH3 is 1. The van der Waals surface area contributed by atoms with Gasteiger partial charge in [0.25, 0.3) is 5.69 Å². The van der Waals surface area contributed by atoms with Crippen LogP contribution in [0.15, 0.2) is 48.7 Å². The second-order valence-electron chi connectivity index (χ2n) is 6.72. The molecule has 0 fully saturated rings. The van der Waals surface area contributed by atoms with Crippen LogP contribution in [0.25, 0.3) is 11.3 Å². The third-order valence-corrected chi connectivity index (χ3v) is 4.58. The highest BCUT2D eigenvalue weighted by Crippen LogP contribution is 2.24. The van der Waals surface area contributed by atoms with Crippen molar-refractivity contribution in [1.29, 1.82) is 0 Å². The van der Waals surface area contributed by atoms with Crippen molar-refractivity contribution in [3.63, 3.8) is 0 Å². The van der Waals surface area contributed by atoms with Gasteiger partial charge in [-0.2, -0.15) is 5.10 Å². The lowest BCUT2D eigenvalue weighted by Gasteiger charge is -2.10.